The summed E-state index contributed by atoms with van der Waals surface area (Å²) in [6.45, 7) is -0.841. The summed E-state index contributed by atoms with van der Waals surface area (Å²) in [5, 5.41) is 8.45. The van der Waals surface area contributed by atoms with E-state index >= 15 is 0 Å². The Hall–Kier alpha value is -1.17. The van der Waals surface area contributed by atoms with E-state index in [9.17, 15) is 17.6 Å². The molecule has 0 unspecified atom stereocenters. The maximum Gasteiger partial charge on any atom is 0.283 e. The van der Waals surface area contributed by atoms with Crippen LogP contribution >= 0.6 is 0 Å². The number of aliphatic hydroxyl groups excluding tert-OH is 1. The molecular weight excluding hydrogens is 190 g/mol. The van der Waals surface area contributed by atoms with Gasteiger partial charge in [0.15, 0.2) is 5.82 Å². The fraction of sp³-hybridized carbons (Fsp3) is 0.286. The first kappa shape index (κ1) is 9.91. The van der Waals surface area contributed by atoms with Gasteiger partial charge in [-0.25, -0.2) is 22.5 Å². The number of pyridine rings is 1. The standard InChI is InChI=1S/C7H5F4NO/c8-3-1-4(9)6(7(10)11)12-5(3)2-13/h1,7,13H,2H2. The van der Waals surface area contributed by atoms with Crippen LogP contribution in [-0.4, -0.2) is 10.1 Å². The fourth-order valence-electron chi connectivity index (χ4n) is 0.785. The molecule has 0 aromatic carbocycles. The van der Waals surface area contributed by atoms with Crippen molar-refractivity contribution in [3.05, 3.63) is 29.1 Å². The lowest BCUT2D eigenvalue weighted by Crippen LogP contribution is -2.03. The highest BCUT2D eigenvalue weighted by Gasteiger charge is 2.18. The van der Waals surface area contributed by atoms with Gasteiger partial charge in [-0.05, 0) is 0 Å². The normalized spacial score (nSPS) is 10.9. The number of alkyl halides is 2. The number of hydrogen-bond acceptors (Lipinski definition) is 2. The number of halogens is 4. The van der Waals surface area contributed by atoms with Crippen LogP contribution in [0.3, 0.4) is 0 Å². The molecular formula is C7H5F4NO. The average molecular weight is 195 g/mol. The summed E-state index contributed by atoms with van der Waals surface area (Å²) >= 11 is 0. The van der Waals surface area contributed by atoms with Crippen LogP contribution in [0.2, 0.25) is 0 Å². The van der Waals surface area contributed by atoms with Gasteiger partial charge in [0.1, 0.15) is 17.2 Å². The largest absolute Gasteiger partial charge is 0.390 e. The highest BCUT2D eigenvalue weighted by molar-refractivity contribution is 5.15. The first-order valence-electron chi connectivity index (χ1n) is 3.30. The Kier molecular flexibility index (Phi) is 2.82. The zero-order valence-corrected chi connectivity index (χ0v) is 6.27. The quantitative estimate of drug-likeness (QED) is 0.729. The lowest BCUT2D eigenvalue weighted by Gasteiger charge is -2.03. The Bertz CT molecular complexity index is 316. The second kappa shape index (κ2) is 3.69. The van der Waals surface area contributed by atoms with Crippen molar-refractivity contribution in [1.29, 1.82) is 0 Å². The van der Waals surface area contributed by atoms with Crippen LogP contribution < -0.4 is 0 Å². The summed E-state index contributed by atoms with van der Waals surface area (Å²) in [5.74, 6) is -2.55. The van der Waals surface area contributed by atoms with Crippen molar-refractivity contribution in [2.45, 2.75) is 13.0 Å². The van der Waals surface area contributed by atoms with Gasteiger partial charge in [-0.1, -0.05) is 0 Å². The summed E-state index contributed by atoms with van der Waals surface area (Å²) in [6, 6.07) is 0.278. The number of nitrogens with zero attached hydrogens (tertiary/aromatic N) is 1. The molecule has 13 heavy (non-hydrogen) atoms. The second-order valence-corrected chi connectivity index (χ2v) is 2.24. The molecule has 0 aliphatic heterocycles. The molecule has 0 radical (unpaired) electrons. The van der Waals surface area contributed by atoms with E-state index in [2.05, 4.69) is 4.98 Å². The SMILES string of the molecule is OCc1nc(C(F)F)c(F)cc1F. The Morgan fingerprint density at radius 2 is 1.92 bits per heavy atom. The molecule has 1 aromatic heterocycles. The van der Waals surface area contributed by atoms with E-state index in [0.717, 1.165) is 0 Å². The van der Waals surface area contributed by atoms with Crippen molar-refractivity contribution >= 4 is 0 Å². The predicted molar refractivity (Wildman–Crippen MR) is 35.0 cm³/mol. The molecule has 1 aromatic rings. The zero-order valence-electron chi connectivity index (χ0n) is 6.27. The molecule has 0 bridgehead atoms. The lowest BCUT2D eigenvalue weighted by atomic mass is 10.3. The van der Waals surface area contributed by atoms with Gasteiger partial charge in [0.25, 0.3) is 6.43 Å². The lowest BCUT2D eigenvalue weighted by molar-refractivity contribution is 0.139. The molecule has 6 heteroatoms. The Morgan fingerprint density at radius 3 is 2.38 bits per heavy atom. The third kappa shape index (κ3) is 1.95. The third-order valence-corrected chi connectivity index (χ3v) is 1.39. The van der Waals surface area contributed by atoms with Gasteiger partial charge in [-0.2, -0.15) is 0 Å². The molecule has 0 atom stereocenters. The minimum atomic E-state index is -3.12. The van der Waals surface area contributed by atoms with Crippen molar-refractivity contribution in [3.63, 3.8) is 0 Å². The van der Waals surface area contributed by atoms with E-state index in [4.69, 9.17) is 5.11 Å². The Labute approximate surface area is 70.8 Å². The summed E-state index contributed by atoms with van der Waals surface area (Å²) in [4.78, 5) is 2.94. The van der Waals surface area contributed by atoms with E-state index in [1.165, 1.54) is 0 Å². The predicted octanol–water partition coefficient (Wildman–Crippen LogP) is 1.79. The topological polar surface area (TPSA) is 33.1 Å². The molecule has 1 rings (SSSR count). The van der Waals surface area contributed by atoms with Crippen molar-refractivity contribution in [2.24, 2.45) is 0 Å². The van der Waals surface area contributed by atoms with Gasteiger partial charge < -0.3 is 5.11 Å². The summed E-state index contributed by atoms with van der Waals surface area (Å²) in [6.07, 6.45) is -3.12. The maximum absolute atomic E-state index is 12.6. The second-order valence-electron chi connectivity index (χ2n) is 2.24. The summed E-state index contributed by atoms with van der Waals surface area (Å²) in [7, 11) is 0. The van der Waals surface area contributed by atoms with Crippen molar-refractivity contribution < 1.29 is 22.7 Å². The highest BCUT2D eigenvalue weighted by Crippen LogP contribution is 2.21. The zero-order chi connectivity index (χ0) is 10.0. The summed E-state index contributed by atoms with van der Waals surface area (Å²) < 4.78 is 49.1. The maximum atomic E-state index is 12.6. The number of aromatic nitrogens is 1. The van der Waals surface area contributed by atoms with Crippen molar-refractivity contribution in [1.82, 2.24) is 4.98 Å². The van der Waals surface area contributed by atoms with Crippen LogP contribution in [0.15, 0.2) is 6.07 Å². The highest BCUT2D eigenvalue weighted by atomic mass is 19.3. The molecule has 1 N–H and O–H groups in total. The van der Waals surface area contributed by atoms with Crippen molar-refractivity contribution in [3.8, 4) is 0 Å². The van der Waals surface area contributed by atoms with E-state index in [-0.39, 0.29) is 6.07 Å². The molecule has 0 amide bonds. The van der Waals surface area contributed by atoms with Gasteiger partial charge in [0.2, 0.25) is 0 Å². The van der Waals surface area contributed by atoms with Crippen LogP contribution in [0, 0.1) is 11.6 Å². The van der Waals surface area contributed by atoms with Gasteiger partial charge in [0, 0.05) is 6.07 Å². The molecule has 0 spiro atoms. The van der Waals surface area contributed by atoms with E-state index in [1.807, 2.05) is 0 Å². The molecule has 0 saturated carbocycles. The van der Waals surface area contributed by atoms with Crippen LogP contribution in [0.1, 0.15) is 17.8 Å². The minimum absolute atomic E-state index is 0.278. The van der Waals surface area contributed by atoms with Crippen LogP contribution in [0.25, 0.3) is 0 Å². The van der Waals surface area contributed by atoms with Crippen LogP contribution in [0.5, 0.6) is 0 Å². The van der Waals surface area contributed by atoms with E-state index < -0.39 is 36.1 Å². The van der Waals surface area contributed by atoms with Gasteiger partial charge in [-0.3, -0.25) is 0 Å². The molecule has 1 heterocycles. The summed E-state index contributed by atoms with van der Waals surface area (Å²) in [5.41, 5.74) is -1.73. The molecule has 0 aliphatic rings. The average Bonchev–Trinajstić information content (AvgIpc) is 2.03. The Morgan fingerprint density at radius 1 is 1.31 bits per heavy atom. The van der Waals surface area contributed by atoms with Gasteiger partial charge >= 0.3 is 0 Å². The molecule has 0 aliphatic carbocycles. The van der Waals surface area contributed by atoms with Gasteiger partial charge in [-0.15, -0.1) is 0 Å². The molecule has 2 nitrogen and oxygen atoms in total. The third-order valence-electron chi connectivity index (χ3n) is 1.39. The Balaban J connectivity index is 3.22. The number of rotatable bonds is 2. The van der Waals surface area contributed by atoms with Crippen molar-refractivity contribution in [2.75, 3.05) is 0 Å². The van der Waals surface area contributed by atoms with Gasteiger partial charge in [0.05, 0.1) is 6.61 Å². The smallest absolute Gasteiger partial charge is 0.283 e. The molecule has 0 saturated heterocycles. The number of hydrogen-bond donors (Lipinski definition) is 1. The first-order chi connectivity index (χ1) is 6.06. The fourth-order valence-corrected chi connectivity index (χ4v) is 0.785. The van der Waals surface area contributed by atoms with Crippen LogP contribution in [0.4, 0.5) is 17.6 Å². The van der Waals surface area contributed by atoms with E-state index in [0.29, 0.717) is 0 Å². The van der Waals surface area contributed by atoms with Crippen LogP contribution in [-0.2, 0) is 6.61 Å². The number of aliphatic hydroxyl groups is 1. The first-order valence-corrected chi connectivity index (χ1v) is 3.30. The molecule has 0 fully saturated rings. The monoisotopic (exact) mass is 195 g/mol. The molecule has 72 valence electrons. The van der Waals surface area contributed by atoms with E-state index in [1.54, 1.807) is 0 Å². The minimum Gasteiger partial charge on any atom is -0.390 e.